The summed E-state index contributed by atoms with van der Waals surface area (Å²) in [6.07, 6.45) is 0.540. The lowest BCUT2D eigenvalue weighted by Gasteiger charge is -2.24. The Labute approximate surface area is 168 Å². The van der Waals surface area contributed by atoms with Crippen molar-refractivity contribution in [2.45, 2.75) is 39.0 Å². The Morgan fingerprint density at radius 3 is 2.18 bits per heavy atom. The summed E-state index contributed by atoms with van der Waals surface area (Å²) in [4.78, 5) is 12.6. The molecule has 1 amide bonds. The molecule has 152 valence electrons. The molecule has 0 heterocycles. The molecule has 0 atom stereocenters. The zero-order chi connectivity index (χ0) is 20.8. The molecule has 0 aliphatic carbocycles. The van der Waals surface area contributed by atoms with Crippen molar-refractivity contribution in [2.24, 2.45) is 5.41 Å². The van der Waals surface area contributed by atoms with Crippen molar-refractivity contribution in [3.8, 4) is 0 Å². The molecule has 0 radical (unpaired) electrons. The fourth-order valence-electron chi connectivity index (χ4n) is 2.62. The van der Waals surface area contributed by atoms with Crippen LogP contribution in [0.25, 0.3) is 0 Å². The molecule has 1 N–H and O–H groups in total. The van der Waals surface area contributed by atoms with Crippen LogP contribution in [0.2, 0.25) is 0 Å². The van der Waals surface area contributed by atoms with Gasteiger partial charge < -0.3 is 5.32 Å². The summed E-state index contributed by atoms with van der Waals surface area (Å²) < 4.78 is 27.6. The third-order valence-electron chi connectivity index (χ3n) is 4.29. The van der Waals surface area contributed by atoms with Crippen molar-refractivity contribution < 1.29 is 13.2 Å². The van der Waals surface area contributed by atoms with E-state index in [1.54, 1.807) is 24.3 Å². The maximum Gasteiger partial charge on any atom is 0.243 e. The fraction of sp³-hybridized carbons (Fsp3) is 0.409. The fourth-order valence-corrected chi connectivity index (χ4v) is 4.02. The van der Waals surface area contributed by atoms with Gasteiger partial charge in [0.15, 0.2) is 0 Å². The first-order chi connectivity index (χ1) is 13.1. The number of sulfonamides is 1. The summed E-state index contributed by atoms with van der Waals surface area (Å²) in [5.41, 5.74) is 1.94. The van der Waals surface area contributed by atoms with E-state index >= 15 is 0 Å². The Balaban J connectivity index is 2.19. The monoisotopic (exact) mass is 402 g/mol. The molecule has 0 unspecified atom stereocenters. The minimum Gasteiger partial charge on any atom is -0.354 e. The van der Waals surface area contributed by atoms with Gasteiger partial charge in [0.1, 0.15) is 0 Å². The number of nitrogens with one attached hydrogen (secondary N) is 1. The van der Waals surface area contributed by atoms with E-state index in [-0.39, 0.29) is 29.3 Å². The zero-order valence-corrected chi connectivity index (χ0v) is 17.9. The number of hydrogen-bond donors (Lipinski definition) is 1. The van der Waals surface area contributed by atoms with Crippen LogP contribution in [0.5, 0.6) is 0 Å². The highest BCUT2D eigenvalue weighted by molar-refractivity contribution is 7.89. The standard InChI is InChI=1S/C22H30N2O3S/c1-18-10-12-20(13-11-18)28(26,27)24(15-14-19-8-6-5-7-9-19)16-21(25)23-17-22(2,3)4/h5-13H,14-17H2,1-4H3,(H,23,25). The summed E-state index contributed by atoms with van der Waals surface area (Å²) >= 11 is 0. The minimum absolute atomic E-state index is 0.0691. The van der Waals surface area contributed by atoms with Crippen molar-refractivity contribution >= 4 is 15.9 Å². The first kappa shape index (κ1) is 22.1. The molecule has 0 saturated heterocycles. The summed E-state index contributed by atoms with van der Waals surface area (Å²) in [5.74, 6) is -0.293. The highest BCUT2D eigenvalue weighted by atomic mass is 32.2. The molecule has 5 nitrogen and oxygen atoms in total. The smallest absolute Gasteiger partial charge is 0.243 e. The molecule has 0 aliphatic rings. The van der Waals surface area contributed by atoms with Gasteiger partial charge in [-0.2, -0.15) is 4.31 Å². The van der Waals surface area contributed by atoms with Crippen LogP contribution in [0.1, 0.15) is 31.9 Å². The van der Waals surface area contributed by atoms with Gasteiger partial charge in [0.25, 0.3) is 0 Å². The molecule has 0 spiro atoms. The number of amides is 1. The maximum atomic E-state index is 13.1. The normalized spacial score (nSPS) is 12.2. The number of carbonyl (C=O) groups excluding carboxylic acids is 1. The molecule has 2 aromatic rings. The summed E-state index contributed by atoms with van der Waals surface area (Å²) in [5, 5.41) is 2.84. The van der Waals surface area contributed by atoms with Crippen molar-refractivity contribution in [1.82, 2.24) is 9.62 Å². The Morgan fingerprint density at radius 2 is 1.61 bits per heavy atom. The van der Waals surface area contributed by atoms with Gasteiger partial charge in [-0.3, -0.25) is 4.79 Å². The molecule has 0 saturated carbocycles. The van der Waals surface area contributed by atoms with E-state index in [0.29, 0.717) is 13.0 Å². The lowest BCUT2D eigenvalue weighted by atomic mass is 9.97. The van der Waals surface area contributed by atoms with Crippen molar-refractivity contribution in [2.75, 3.05) is 19.6 Å². The van der Waals surface area contributed by atoms with Crippen LogP contribution in [0.4, 0.5) is 0 Å². The number of rotatable bonds is 8. The molecule has 6 heteroatoms. The third-order valence-corrected chi connectivity index (χ3v) is 6.15. The number of hydrogen-bond acceptors (Lipinski definition) is 3. The van der Waals surface area contributed by atoms with Crippen molar-refractivity contribution in [3.05, 3.63) is 65.7 Å². The van der Waals surface area contributed by atoms with Gasteiger partial charge in [0.05, 0.1) is 11.4 Å². The first-order valence-corrected chi connectivity index (χ1v) is 10.9. The summed E-state index contributed by atoms with van der Waals surface area (Å²) in [7, 11) is -3.76. The van der Waals surface area contributed by atoms with Crippen LogP contribution in [-0.2, 0) is 21.2 Å². The topological polar surface area (TPSA) is 66.5 Å². The average Bonchev–Trinajstić information content (AvgIpc) is 2.64. The quantitative estimate of drug-likeness (QED) is 0.736. The van der Waals surface area contributed by atoms with Crippen molar-refractivity contribution in [1.29, 1.82) is 0 Å². The van der Waals surface area contributed by atoms with E-state index in [9.17, 15) is 13.2 Å². The predicted octanol–water partition coefficient (Wildman–Crippen LogP) is 3.39. The van der Waals surface area contributed by atoms with Crippen LogP contribution in [0.3, 0.4) is 0 Å². The van der Waals surface area contributed by atoms with Gasteiger partial charge in [-0.15, -0.1) is 0 Å². The third kappa shape index (κ3) is 6.77. The second-order valence-electron chi connectivity index (χ2n) is 8.22. The van der Waals surface area contributed by atoms with Crippen LogP contribution in [0.15, 0.2) is 59.5 Å². The molecule has 28 heavy (non-hydrogen) atoms. The lowest BCUT2D eigenvalue weighted by Crippen LogP contribution is -2.43. The van der Waals surface area contributed by atoms with E-state index in [1.807, 2.05) is 58.0 Å². The Bertz CT molecular complexity index is 870. The molecule has 0 aromatic heterocycles. The van der Waals surface area contributed by atoms with E-state index < -0.39 is 10.0 Å². The van der Waals surface area contributed by atoms with Gasteiger partial charge in [-0.25, -0.2) is 8.42 Å². The van der Waals surface area contributed by atoms with Crippen LogP contribution >= 0.6 is 0 Å². The summed E-state index contributed by atoms with van der Waals surface area (Å²) in [6.45, 7) is 8.49. The Hall–Kier alpha value is -2.18. The van der Waals surface area contributed by atoms with Gasteiger partial charge in [-0.1, -0.05) is 68.8 Å². The van der Waals surface area contributed by atoms with Gasteiger partial charge in [0.2, 0.25) is 15.9 Å². The number of aryl methyl sites for hydroxylation is 1. The van der Waals surface area contributed by atoms with E-state index in [0.717, 1.165) is 11.1 Å². The molecular weight excluding hydrogens is 372 g/mol. The average molecular weight is 403 g/mol. The molecule has 2 rings (SSSR count). The van der Waals surface area contributed by atoms with Crippen molar-refractivity contribution in [3.63, 3.8) is 0 Å². The van der Waals surface area contributed by atoms with Crippen LogP contribution < -0.4 is 5.32 Å². The molecular formula is C22H30N2O3S. The first-order valence-electron chi connectivity index (χ1n) is 9.45. The minimum atomic E-state index is -3.76. The maximum absolute atomic E-state index is 13.1. The SMILES string of the molecule is Cc1ccc(S(=O)(=O)N(CCc2ccccc2)CC(=O)NCC(C)(C)C)cc1. The number of benzene rings is 2. The van der Waals surface area contributed by atoms with Gasteiger partial charge in [0, 0.05) is 13.1 Å². The number of nitrogens with zero attached hydrogens (tertiary/aromatic N) is 1. The van der Waals surface area contributed by atoms with E-state index in [4.69, 9.17) is 0 Å². The van der Waals surface area contributed by atoms with Gasteiger partial charge >= 0.3 is 0 Å². The van der Waals surface area contributed by atoms with Gasteiger partial charge in [-0.05, 0) is 36.5 Å². The Morgan fingerprint density at radius 1 is 1.00 bits per heavy atom. The van der Waals surface area contributed by atoms with Crippen LogP contribution in [0, 0.1) is 12.3 Å². The molecule has 0 bridgehead atoms. The molecule has 0 fully saturated rings. The Kier molecular flexibility index (Phi) is 7.38. The predicted molar refractivity (Wildman–Crippen MR) is 113 cm³/mol. The van der Waals surface area contributed by atoms with E-state index in [2.05, 4.69) is 5.32 Å². The van der Waals surface area contributed by atoms with E-state index in [1.165, 1.54) is 4.31 Å². The largest absolute Gasteiger partial charge is 0.354 e. The molecule has 0 aliphatic heterocycles. The number of carbonyl (C=O) groups is 1. The molecule has 2 aromatic carbocycles. The second-order valence-corrected chi connectivity index (χ2v) is 10.2. The highest BCUT2D eigenvalue weighted by Crippen LogP contribution is 2.17. The summed E-state index contributed by atoms with van der Waals surface area (Å²) in [6, 6.07) is 16.4. The highest BCUT2D eigenvalue weighted by Gasteiger charge is 2.26. The lowest BCUT2D eigenvalue weighted by molar-refractivity contribution is -0.121. The second kappa shape index (κ2) is 9.34. The van der Waals surface area contributed by atoms with Crippen LogP contribution in [-0.4, -0.2) is 38.3 Å². The zero-order valence-electron chi connectivity index (χ0n) is 17.1.